The van der Waals surface area contributed by atoms with Gasteiger partial charge in [-0.2, -0.15) is 0 Å². The number of aromatic nitrogens is 1. The number of pyridine rings is 1. The molecule has 0 unspecified atom stereocenters. The van der Waals surface area contributed by atoms with Crippen molar-refractivity contribution in [2.24, 2.45) is 0 Å². The van der Waals surface area contributed by atoms with Crippen molar-refractivity contribution >= 4 is 17.4 Å². The van der Waals surface area contributed by atoms with Crippen LogP contribution < -0.4 is 25.8 Å². The fourth-order valence-corrected chi connectivity index (χ4v) is 6.50. The number of nitrogens with zero attached hydrogens (tertiary/aromatic N) is 4. The van der Waals surface area contributed by atoms with E-state index in [1.54, 1.807) is 4.90 Å². The summed E-state index contributed by atoms with van der Waals surface area (Å²) in [6, 6.07) is 2.26. The lowest BCUT2D eigenvalue weighted by Crippen LogP contribution is -2.59. The molecule has 3 aliphatic rings. The number of morpholine rings is 1. The van der Waals surface area contributed by atoms with Gasteiger partial charge in [0, 0.05) is 88.0 Å². The van der Waals surface area contributed by atoms with Crippen LogP contribution in [0, 0.1) is 0 Å². The van der Waals surface area contributed by atoms with E-state index in [9.17, 15) is 13.6 Å². The van der Waals surface area contributed by atoms with Crippen molar-refractivity contribution in [3.8, 4) is 0 Å². The quantitative estimate of drug-likeness (QED) is 0.303. The Morgan fingerprint density at radius 1 is 1.31 bits per heavy atom. The Hall–Kier alpha value is -2.76. The zero-order valence-corrected chi connectivity index (χ0v) is 25.8. The summed E-state index contributed by atoms with van der Waals surface area (Å²) in [7, 11) is 1.94. The molecule has 0 atom stereocenters. The zero-order valence-electron chi connectivity index (χ0n) is 25.8. The maximum atomic E-state index is 14.4. The number of alkyl halides is 2. The summed E-state index contributed by atoms with van der Waals surface area (Å²) < 4.78 is 35.2. The topological polar surface area (TPSA) is 85.0 Å². The number of piperidine rings is 1. The van der Waals surface area contributed by atoms with Crippen LogP contribution in [-0.4, -0.2) is 100.0 Å². The Kier molecular flexibility index (Phi) is 11.2. The molecule has 1 aromatic heterocycles. The number of likely N-dealkylation sites (N-methyl/N-ethyl adjacent to an activating group) is 2. The molecule has 0 radical (unpaired) electrons. The smallest absolute Gasteiger partial charge is 0.280 e. The molecule has 3 N–H and O–H groups in total. The number of hydrogen-bond donors (Lipinski definition) is 3. The number of amides is 1. The Morgan fingerprint density at radius 3 is 2.67 bits per heavy atom. The molecule has 3 fully saturated rings. The van der Waals surface area contributed by atoms with Gasteiger partial charge in [0.05, 0.1) is 6.61 Å². The average Bonchev–Trinajstić information content (AvgIpc) is 2.97. The maximum absolute atomic E-state index is 14.4. The summed E-state index contributed by atoms with van der Waals surface area (Å²) >= 11 is 0. The first-order valence-corrected chi connectivity index (χ1v) is 15.5. The van der Waals surface area contributed by atoms with Crippen molar-refractivity contribution in [2.45, 2.75) is 64.5 Å². The lowest BCUT2D eigenvalue weighted by molar-refractivity contribution is -0.125. The van der Waals surface area contributed by atoms with Gasteiger partial charge >= 0.3 is 0 Å². The second kappa shape index (κ2) is 14.6. The number of carbonyl (C=O) groups excluding carboxylic acids is 1. The molecule has 234 valence electrons. The minimum atomic E-state index is -2.64. The number of hydrogen-bond acceptors (Lipinski definition) is 8. The van der Waals surface area contributed by atoms with E-state index < -0.39 is 6.43 Å². The molecule has 4 heterocycles. The second-order valence-electron chi connectivity index (χ2n) is 11.5. The molecule has 1 aromatic rings. The van der Waals surface area contributed by atoms with Gasteiger partial charge in [-0.05, 0) is 51.8 Å². The molecule has 0 aliphatic carbocycles. The summed E-state index contributed by atoms with van der Waals surface area (Å²) in [4.78, 5) is 22.6. The van der Waals surface area contributed by atoms with Crippen LogP contribution in [0.1, 0.15) is 57.7 Å². The van der Waals surface area contributed by atoms with Crippen molar-refractivity contribution < 1.29 is 18.3 Å². The van der Waals surface area contributed by atoms with Gasteiger partial charge in [0.25, 0.3) is 6.43 Å². The van der Waals surface area contributed by atoms with E-state index in [1.807, 2.05) is 27.0 Å². The van der Waals surface area contributed by atoms with Gasteiger partial charge < -0.3 is 35.4 Å². The van der Waals surface area contributed by atoms with Crippen LogP contribution in [0.15, 0.2) is 30.0 Å². The van der Waals surface area contributed by atoms with Crippen LogP contribution in [0.4, 0.5) is 20.3 Å². The third-order valence-corrected chi connectivity index (χ3v) is 8.73. The molecule has 0 aromatic carbocycles. The Balaban J connectivity index is 1.48. The number of anilines is 2. The Labute approximate surface area is 249 Å². The number of ether oxygens (including phenoxy) is 1. The molecule has 0 saturated carbocycles. The highest BCUT2D eigenvalue weighted by Crippen LogP contribution is 2.40. The van der Waals surface area contributed by atoms with E-state index in [0.717, 1.165) is 56.8 Å². The molecular weight excluding hydrogens is 540 g/mol. The average molecular weight is 590 g/mol. The first-order chi connectivity index (χ1) is 20.3. The number of carbonyl (C=O) groups is 1. The summed E-state index contributed by atoms with van der Waals surface area (Å²) in [5.41, 5.74) is 3.47. The minimum Gasteiger partial charge on any atom is -0.384 e. The van der Waals surface area contributed by atoms with Crippen LogP contribution in [-0.2, 0) is 16.0 Å². The summed E-state index contributed by atoms with van der Waals surface area (Å²) in [6.07, 6.45) is 1.58. The van der Waals surface area contributed by atoms with E-state index in [-0.39, 0.29) is 23.2 Å². The van der Waals surface area contributed by atoms with Crippen LogP contribution in [0.2, 0.25) is 0 Å². The third kappa shape index (κ3) is 7.06. The molecule has 9 nitrogen and oxygen atoms in total. The Bertz CT molecular complexity index is 1110. The van der Waals surface area contributed by atoms with Gasteiger partial charge in [-0.25, -0.2) is 13.8 Å². The number of halogens is 2. The molecule has 4 rings (SSSR count). The fourth-order valence-electron chi connectivity index (χ4n) is 6.50. The predicted molar refractivity (Wildman–Crippen MR) is 164 cm³/mol. The number of rotatable bonds is 13. The molecule has 1 amide bonds. The van der Waals surface area contributed by atoms with Gasteiger partial charge in [0.2, 0.25) is 5.91 Å². The molecule has 3 aliphatic heterocycles. The van der Waals surface area contributed by atoms with Gasteiger partial charge in [-0.3, -0.25) is 4.79 Å². The third-order valence-electron chi connectivity index (χ3n) is 8.73. The number of nitrogens with one attached hydrogen (secondary N) is 3. The highest BCUT2D eigenvalue weighted by Gasteiger charge is 2.42. The van der Waals surface area contributed by atoms with E-state index in [4.69, 9.17) is 4.74 Å². The predicted octanol–water partition coefficient (Wildman–Crippen LogP) is 3.24. The van der Waals surface area contributed by atoms with Gasteiger partial charge in [0.1, 0.15) is 17.1 Å². The molecule has 11 heteroatoms. The van der Waals surface area contributed by atoms with E-state index >= 15 is 0 Å². The minimum absolute atomic E-state index is 0.0714. The molecule has 3 saturated heterocycles. The SMILES string of the molecule is C=CC(=O)N(CC)CCNC1CN(c2cc(N3CCC4(CC3)OCCN/C4=C(/C)CNC)nc(C(F)F)c2CCC)C1. The summed E-state index contributed by atoms with van der Waals surface area (Å²) in [6.45, 7) is 16.6. The summed E-state index contributed by atoms with van der Waals surface area (Å²) in [5, 5.41) is 10.3. The van der Waals surface area contributed by atoms with Crippen molar-refractivity contribution in [3.63, 3.8) is 0 Å². The van der Waals surface area contributed by atoms with Crippen LogP contribution in [0.5, 0.6) is 0 Å². The fraction of sp³-hybridized carbons (Fsp3) is 0.677. The van der Waals surface area contributed by atoms with Crippen molar-refractivity contribution in [3.05, 3.63) is 41.2 Å². The van der Waals surface area contributed by atoms with E-state index in [0.29, 0.717) is 57.1 Å². The van der Waals surface area contributed by atoms with Crippen molar-refractivity contribution in [1.29, 1.82) is 0 Å². The van der Waals surface area contributed by atoms with Crippen LogP contribution >= 0.6 is 0 Å². The highest BCUT2D eigenvalue weighted by molar-refractivity contribution is 5.86. The lowest BCUT2D eigenvalue weighted by Gasteiger charge is -2.47. The zero-order chi connectivity index (χ0) is 30.3. The molecule has 1 spiro atoms. The van der Waals surface area contributed by atoms with Crippen molar-refractivity contribution in [2.75, 3.05) is 82.4 Å². The first-order valence-electron chi connectivity index (χ1n) is 15.5. The standard InChI is InChI=1S/C31H49F2N7O2/c1-6-9-24-25(40-20-23(21-40)35-12-16-38(8-3)27(41)7-2)18-26(37-28(24)30(32)33)39-14-10-31(11-15-39)29(22(4)19-34-5)36-13-17-42-31/h7,18,23,30,34-36H,2,6,8-17,19-21H2,1,3-5H3/b29-22-. The van der Waals surface area contributed by atoms with Gasteiger partial charge in [-0.15, -0.1) is 0 Å². The first kappa shape index (κ1) is 32.2. The lowest BCUT2D eigenvalue weighted by atomic mass is 9.84. The Morgan fingerprint density at radius 2 is 2.05 bits per heavy atom. The maximum Gasteiger partial charge on any atom is 0.280 e. The van der Waals surface area contributed by atoms with E-state index in [1.165, 1.54) is 11.6 Å². The largest absolute Gasteiger partial charge is 0.384 e. The van der Waals surface area contributed by atoms with Crippen molar-refractivity contribution in [1.82, 2.24) is 25.8 Å². The molecule has 0 bridgehead atoms. The molecule has 42 heavy (non-hydrogen) atoms. The normalized spacial score (nSPS) is 20.0. The summed E-state index contributed by atoms with van der Waals surface area (Å²) in [5.74, 6) is 0.548. The van der Waals surface area contributed by atoms with Gasteiger partial charge in [0.15, 0.2) is 0 Å². The van der Waals surface area contributed by atoms with Gasteiger partial charge in [-0.1, -0.05) is 19.9 Å². The monoisotopic (exact) mass is 589 g/mol. The highest BCUT2D eigenvalue weighted by atomic mass is 19.3. The second-order valence-corrected chi connectivity index (χ2v) is 11.5. The molecular formula is C31H49F2N7O2. The van der Waals surface area contributed by atoms with Crippen LogP contribution in [0.25, 0.3) is 0 Å². The van der Waals surface area contributed by atoms with E-state index in [2.05, 4.69) is 44.2 Å². The van der Waals surface area contributed by atoms with Crippen LogP contribution in [0.3, 0.4) is 0 Å².